The summed E-state index contributed by atoms with van der Waals surface area (Å²) < 4.78 is 0. The van der Waals surface area contributed by atoms with Crippen LogP contribution >= 0.6 is 11.3 Å². The average Bonchev–Trinajstić information content (AvgIpc) is 2.48. The Hall–Kier alpha value is -1.42. The van der Waals surface area contributed by atoms with E-state index >= 15 is 0 Å². The highest BCUT2D eigenvalue weighted by atomic mass is 32.1. The minimum atomic E-state index is -0.990. The van der Waals surface area contributed by atoms with Gasteiger partial charge < -0.3 is 5.11 Å². The summed E-state index contributed by atoms with van der Waals surface area (Å²) in [5.74, 6) is -0.990. The number of carbonyl (C=O) groups excluding carboxylic acids is 1. The van der Waals surface area contributed by atoms with E-state index in [-0.39, 0.29) is 0 Å². The van der Waals surface area contributed by atoms with Gasteiger partial charge in [-0.05, 0) is 18.2 Å². The summed E-state index contributed by atoms with van der Waals surface area (Å²) in [5, 5.41) is 8.29. The zero-order chi connectivity index (χ0) is 8.97. The van der Waals surface area contributed by atoms with Crippen molar-refractivity contribution in [1.29, 1.82) is 0 Å². The maximum atomic E-state index is 10.2. The molecule has 0 unspecified atom stereocenters. The van der Waals surface area contributed by atoms with Gasteiger partial charge in [-0.3, -0.25) is 4.79 Å². The van der Waals surface area contributed by atoms with Gasteiger partial charge >= 0.3 is 5.97 Å². The van der Waals surface area contributed by atoms with Crippen molar-refractivity contribution < 1.29 is 14.7 Å². The third kappa shape index (κ3) is 2.32. The molecule has 0 fully saturated rings. The van der Waals surface area contributed by atoms with Crippen molar-refractivity contribution in [1.82, 2.24) is 0 Å². The molecule has 1 heterocycles. The van der Waals surface area contributed by atoms with E-state index in [0.29, 0.717) is 4.88 Å². The fourth-order valence-electron chi connectivity index (χ4n) is 0.675. The number of thiophene rings is 1. The second-order valence-corrected chi connectivity index (χ2v) is 3.18. The van der Waals surface area contributed by atoms with Crippen LogP contribution in [-0.2, 0) is 4.79 Å². The fourth-order valence-corrected chi connectivity index (χ4v) is 1.40. The van der Waals surface area contributed by atoms with Gasteiger partial charge in [0.05, 0.1) is 4.88 Å². The van der Waals surface area contributed by atoms with E-state index < -0.39 is 5.97 Å². The molecule has 12 heavy (non-hydrogen) atoms. The Labute approximate surface area is 73.0 Å². The Morgan fingerprint density at radius 3 is 2.58 bits per heavy atom. The second kappa shape index (κ2) is 3.82. The molecule has 0 aromatic carbocycles. The van der Waals surface area contributed by atoms with E-state index in [1.807, 2.05) is 0 Å². The van der Waals surface area contributed by atoms with Crippen molar-refractivity contribution in [3.63, 3.8) is 0 Å². The van der Waals surface area contributed by atoms with E-state index in [2.05, 4.69) is 0 Å². The van der Waals surface area contributed by atoms with Crippen LogP contribution < -0.4 is 0 Å². The molecule has 1 aromatic heterocycles. The lowest BCUT2D eigenvalue weighted by Gasteiger charge is -1.79. The summed E-state index contributed by atoms with van der Waals surface area (Å²) in [6.07, 6.45) is 3.24. The molecule has 1 aromatic rings. The maximum Gasteiger partial charge on any atom is 0.328 e. The predicted molar refractivity (Wildman–Crippen MR) is 46.4 cm³/mol. The van der Waals surface area contributed by atoms with Gasteiger partial charge in [0, 0.05) is 11.0 Å². The highest BCUT2D eigenvalue weighted by molar-refractivity contribution is 7.14. The molecule has 62 valence electrons. The van der Waals surface area contributed by atoms with Crippen molar-refractivity contribution in [3.05, 3.63) is 28.0 Å². The van der Waals surface area contributed by atoms with E-state index in [4.69, 9.17) is 5.11 Å². The SMILES string of the molecule is O=Cc1ccc(C=CC(=O)O)s1. The van der Waals surface area contributed by atoms with E-state index in [0.717, 1.165) is 17.2 Å². The molecule has 0 aliphatic carbocycles. The van der Waals surface area contributed by atoms with Crippen molar-refractivity contribution in [2.75, 3.05) is 0 Å². The molecule has 0 atom stereocenters. The molecule has 0 radical (unpaired) electrons. The molecule has 1 rings (SSSR count). The number of rotatable bonds is 3. The molecule has 0 spiro atoms. The fraction of sp³-hybridized carbons (Fsp3) is 0. The molecular formula is C8H6O3S. The molecule has 0 amide bonds. The van der Waals surface area contributed by atoms with Gasteiger partial charge in [-0.25, -0.2) is 4.79 Å². The number of hydrogen-bond acceptors (Lipinski definition) is 3. The highest BCUT2D eigenvalue weighted by Crippen LogP contribution is 2.15. The van der Waals surface area contributed by atoms with E-state index in [1.165, 1.54) is 17.4 Å². The van der Waals surface area contributed by atoms with Gasteiger partial charge in [0.1, 0.15) is 0 Å². The van der Waals surface area contributed by atoms with Crippen molar-refractivity contribution >= 4 is 29.7 Å². The molecular weight excluding hydrogens is 176 g/mol. The maximum absolute atomic E-state index is 10.2. The van der Waals surface area contributed by atoms with Gasteiger partial charge in [0.25, 0.3) is 0 Å². The molecule has 4 heteroatoms. The first-order valence-corrected chi connectivity index (χ1v) is 4.00. The molecule has 3 nitrogen and oxygen atoms in total. The first-order chi connectivity index (χ1) is 5.72. The summed E-state index contributed by atoms with van der Waals surface area (Å²) in [6.45, 7) is 0. The van der Waals surface area contributed by atoms with Crippen LogP contribution in [0.2, 0.25) is 0 Å². The number of carbonyl (C=O) groups is 2. The van der Waals surface area contributed by atoms with Gasteiger partial charge in [0.15, 0.2) is 6.29 Å². The van der Waals surface area contributed by atoms with Crippen molar-refractivity contribution in [2.24, 2.45) is 0 Å². The summed E-state index contributed by atoms with van der Waals surface area (Å²) in [4.78, 5) is 21.7. The molecule has 0 aliphatic rings. The van der Waals surface area contributed by atoms with Crippen LogP contribution in [-0.4, -0.2) is 17.4 Å². The van der Waals surface area contributed by atoms with Crippen LogP contribution in [0.25, 0.3) is 6.08 Å². The molecule has 0 aliphatic heterocycles. The number of carboxylic acids is 1. The standard InChI is InChI=1S/C8H6O3S/c9-5-7-2-1-6(12-7)3-4-8(10)11/h1-5H,(H,10,11). The number of hydrogen-bond donors (Lipinski definition) is 1. The quantitative estimate of drug-likeness (QED) is 0.571. The lowest BCUT2D eigenvalue weighted by atomic mass is 10.4. The predicted octanol–water partition coefficient (Wildman–Crippen LogP) is 1.66. The summed E-state index contributed by atoms with van der Waals surface area (Å²) in [5.41, 5.74) is 0. The number of aldehydes is 1. The van der Waals surface area contributed by atoms with Crippen LogP contribution in [0.4, 0.5) is 0 Å². The molecule has 0 saturated carbocycles. The minimum Gasteiger partial charge on any atom is -0.478 e. The van der Waals surface area contributed by atoms with Crippen molar-refractivity contribution in [3.8, 4) is 0 Å². The average molecular weight is 182 g/mol. The number of aliphatic carboxylic acids is 1. The van der Waals surface area contributed by atoms with Gasteiger partial charge in [-0.15, -0.1) is 11.3 Å². The summed E-state index contributed by atoms with van der Waals surface area (Å²) in [6, 6.07) is 3.35. The lowest BCUT2D eigenvalue weighted by Crippen LogP contribution is -1.84. The smallest absolute Gasteiger partial charge is 0.328 e. The van der Waals surface area contributed by atoms with Crippen LogP contribution in [0, 0.1) is 0 Å². The molecule has 1 N–H and O–H groups in total. The van der Waals surface area contributed by atoms with Crippen LogP contribution in [0.5, 0.6) is 0 Å². The van der Waals surface area contributed by atoms with Gasteiger partial charge in [0.2, 0.25) is 0 Å². The monoisotopic (exact) mass is 182 g/mol. The third-order valence-electron chi connectivity index (χ3n) is 1.15. The van der Waals surface area contributed by atoms with E-state index in [1.54, 1.807) is 12.1 Å². The zero-order valence-electron chi connectivity index (χ0n) is 6.06. The van der Waals surface area contributed by atoms with Gasteiger partial charge in [-0.2, -0.15) is 0 Å². The summed E-state index contributed by atoms with van der Waals surface area (Å²) >= 11 is 1.26. The Morgan fingerprint density at radius 2 is 2.08 bits per heavy atom. The third-order valence-corrected chi connectivity index (χ3v) is 2.13. The van der Waals surface area contributed by atoms with Crippen LogP contribution in [0.3, 0.4) is 0 Å². The first-order valence-electron chi connectivity index (χ1n) is 3.18. The Kier molecular flexibility index (Phi) is 2.76. The molecule has 0 saturated heterocycles. The Bertz CT molecular complexity index is 325. The summed E-state index contributed by atoms with van der Waals surface area (Å²) in [7, 11) is 0. The Balaban J connectivity index is 2.76. The normalized spacial score (nSPS) is 10.3. The highest BCUT2D eigenvalue weighted by Gasteiger charge is 1.95. The topological polar surface area (TPSA) is 54.4 Å². The largest absolute Gasteiger partial charge is 0.478 e. The van der Waals surface area contributed by atoms with Crippen LogP contribution in [0.1, 0.15) is 14.5 Å². The zero-order valence-corrected chi connectivity index (χ0v) is 6.88. The van der Waals surface area contributed by atoms with Crippen molar-refractivity contribution in [2.45, 2.75) is 0 Å². The number of carboxylic acid groups (broad SMARTS) is 1. The lowest BCUT2D eigenvalue weighted by molar-refractivity contribution is -0.131. The second-order valence-electron chi connectivity index (χ2n) is 2.03. The minimum absolute atomic E-state index is 0.597. The molecule has 0 bridgehead atoms. The van der Waals surface area contributed by atoms with Gasteiger partial charge in [-0.1, -0.05) is 0 Å². The Morgan fingerprint density at radius 1 is 1.42 bits per heavy atom. The first kappa shape index (κ1) is 8.67. The van der Waals surface area contributed by atoms with E-state index in [9.17, 15) is 9.59 Å². The van der Waals surface area contributed by atoms with Crippen LogP contribution in [0.15, 0.2) is 18.2 Å².